The maximum atomic E-state index is 13.9. The average molecular weight is 371 g/mol. The highest BCUT2D eigenvalue weighted by Crippen LogP contribution is 2.36. The van der Waals surface area contributed by atoms with Crippen molar-refractivity contribution in [1.29, 1.82) is 0 Å². The first-order valence-electron chi connectivity index (χ1n) is 8.40. The minimum Gasteiger partial charge on any atom is -0.477 e. The van der Waals surface area contributed by atoms with Crippen molar-refractivity contribution in [2.75, 3.05) is 18.6 Å². The standard InChI is InChI=1S/C18H21F4N3O/c1-3-4-5-8-11-26-16-13(18(20,21)22)12-23-17(24-16)25(2)15-10-7-6-9-14(15)19/h6-7,9-10,12H,3-5,8,11H2,1-2H3. The molecule has 0 aliphatic rings. The lowest BCUT2D eigenvalue weighted by atomic mass is 10.2. The van der Waals surface area contributed by atoms with E-state index in [-0.39, 0.29) is 18.2 Å². The van der Waals surface area contributed by atoms with Crippen molar-refractivity contribution in [1.82, 2.24) is 9.97 Å². The smallest absolute Gasteiger partial charge is 0.423 e. The van der Waals surface area contributed by atoms with Crippen molar-refractivity contribution in [2.24, 2.45) is 0 Å². The predicted octanol–water partition coefficient (Wildman–Crippen LogP) is 5.36. The van der Waals surface area contributed by atoms with Crippen molar-refractivity contribution >= 4 is 11.6 Å². The topological polar surface area (TPSA) is 38.2 Å². The van der Waals surface area contributed by atoms with Crippen molar-refractivity contribution < 1.29 is 22.3 Å². The van der Waals surface area contributed by atoms with Crippen LogP contribution < -0.4 is 9.64 Å². The summed E-state index contributed by atoms with van der Waals surface area (Å²) in [4.78, 5) is 8.89. The molecular weight excluding hydrogens is 350 g/mol. The van der Waals surface area contributed by atoms with Gasteiger partial charge in [0.15, 0.2) is 0 Å². The molecule has 0 spiro atoms. The fourth-order valence-corrected chi connectivity index (χ4v) is 2.35. The van der Waals surface area contributed by atoms with Crippen LogP contribution in [0.1, 0.15) is 38.2 Å². The minimum atomic E-state index is -4.63. The lowest BCUT2D eigenvalue weighted by molar-refractivity contribution is -0.139. The molecule has 1 aromatic heterocycles. The van der Waals surface area contributed by atoms with Crippen LogP contribution in [0.15, 0.2) is 30.5 Å². The van der Waals surface area contributed by atoms with Crippen molar-refractivity contribution in [3.63, 3.8) is 0 Å². The van der Waals surface area contributed by atoms with Crippen LogP contribution >= 0.6 is 0 Å². The molecule has 0 radical (unpaired) electrons. The van der Waals surface area contributed by atoms with Crippen LogP contribution in [0.2, 0.25) is 0 Å². The number of hydrogen-bond donors (Lipinski definition) is 0. The molecule has 0 amide bonds. The lowest BCUT2D eigenvalue weighted by Crippen LogP contribution is -2.18. The quantitative estimate of drug-likeness (QED) is 0.462. The van der Waals surface area contributed by atoms with Crippen LogP contribution in [-0.4, -0.2) is 23.6 Å². The summed E-state index contributed by atoms with van der Waals surface area (Å²) in [6, 6.07) is 5.87. The van der Waals surface area contributed by atoms with E-state index >= 15 is 0 Å². The molecule has 0 saturated heterocycles. The zero-order valence-corrected chi connectivity index (χ0v) is 14.7. The molecular formula is C18H21F4N3O. The Bertz CT molecular complexity index is 722. The highest BCUT2D eigenvalue weighted by molar-refractivity contribution is 5.57. The molecule has 2 rings (SSSR count). The van der Waals surface area contributed by atoms with E-state index in [4.69, 9.17) is 4.74 Å². The SMILES string of the molecule is CCCCCCOc1nc(N(C)c2ccccc2F)ncc1C(F)(F)F. The summed E-state index contributed by atoms with van der Waals surface area (Å²) in [7, 11) is 1.48. The number of anilines is 2. The number of ether oxygens (including phenoxy) is 1. The second-order valence-corrected chi connectivity index (χ2v) is 5.81. The first kappa shape index (κ1) is 19.9. The molecule has 8 heteroatoms. The summed E-state index contributed by atoms with van der Waals surface area (Å²) in [5.41, 5.74) is -0.889. The third kappa shape index (κ3) is 5.06. The average Bonchev–Trinajstić information content (AvgIpc) is 2.60. The molecule has 0 saturated carbocycles. The van der Waals surface area contributed by atoms with Crippen molar-refractivity contribution in [3.8, 4) is 5.88 Å². The molecule has 0 unspecified atom stereocenters. The Morgan fingerprint density at radius 1 is 1.12 bits per heavy atom. The molecule has 0 bridgehead atoms. The summed E-state index contributed by atoms with van der Waals surface area (Å²) in [5.74, 6) is -1.14. The van der Waals surface area contributed by atoms with E-state index < -0.39 is 23.4 Å². The number of nitrogens with zero attached hydrogens (tertiary/aromatic N) is 3. The Kier molecular flexibility index (Phi) is 6.76. The first-order chi connectivity index (χ1) is 12.3. The Morgan fingerprint density at radius 3 is 2.50 bits per heavy atom. The van der Waals surface area contributed by atoms with Crippen LogP contribution in [0.5, 0.6) is 5.88 Å². The van der Waals surface area contributed by atoms with Gasteiger partial charge in [-0.15, -0.1) is 0 Å². The van der Waals surface area contributed by atoms with Gasteiger partial charge in [0.05, 0.1) is 12.3 Å². The van der Waals surface area contributed by atoms with Gasteiger partial charge in [-0.3, -0.25) is 0 Å². The van der Waals surface area contributed by atoms with Gasteiger partial charge in [0.25, 0.3) is 0 Å². The monoisotopic (exact) mass is 371 g/mol. The van der Waals surface area contributed by atoms with E-state index in [1.54, 1.807) is 6.07 Å². The van der Waals surface area contributed by atoms with Gasteiger partial charge in [0, 0.05) is 13.2 Å². The lowest BCUT2D eigenvalue weighted by Gasteiger charge is -2.20. The third-order valence-electron chi connectivity index (χ3n) is 3.80. The molecule has 1 heterocycles. The molecule has 1 aromatic carbocycles. The number of unbranched alkanes of at least 4 members (excludes halogenated alkanes) is 3. The Morgan fingerprint density at radius 2 is 1.85 bits per heavy atom. The predicted molar refractivity (Wildman–Crippen MR) is 91.1 cm³/mol. The zero-order chi connectivity index (χ0) is 19.2. The molecule has 26 heavy (non-hydrogen) atoms. The third-order valence-corrected chi connectivity index (χ3v) is 3.80. The van der Waals surface area contributed by atoms with E-state index in [1.807, 2.05) is 6.92 Å². The number of aromatic nitrogens is 2. The maximum absolute atomic E-state index is 13.9. The van der Waals surface area contributed by atoms with Gasteiger partial charge in [-0.2, -0.15) is 18.2 Å². The largest absolute Gasteiger partial charge is 0.477 e. The van der Waals surface area contributed by atoms with Crippen LogP contribution in [0.3, 0.4) is 0 Å². The number of halogens is 4. The second-order valence-electron chi connectivity index (χ2n) is 5.81. The summed E-state index contributed by atoms with van der Waals surface area (Å²) >= 11 is 0. The van der Waals surface area contributed by atoms with E-state index in [0.29, 0.717) is 12.6 Å². The number of benzene rings is 1. The van der Waals surface area contributed by atoms with Gasteiger partial charge in [-0.1, -0.05) is 38.3 Å². The van der Waals surface area contributed by atoms with Crippen LogP contribution in [0.4, 0.5) is 29.2 Å². The Labute approximate surface area is 149 Å². The molecule has 0 aliphatic carbocycles. The number of alkyl halides is 3. The van der Waals surface area contributed by atoms with Gasteiger partial charge in [0.2, 0.25) is 11.8 Å². The Hall–Kier alpha value is -2.38. The molecule has 0 fully saturated rings. The molecule has 142 valence electrons. The van der Waals surface area contributed by atoms with E-state index in [1.165, 1.54) is 30.1 Å². The summed E-state index contributed by atoms with van der Waals surface area (Å²) < 4.78 is 58.7. The van der Waals surface area contributed by atoms with E-state index in [0.717, 1.165) is 19.3 Å². The molecule has 0 aliphatic heterocycles. The van der Waals surface area contributed by atoms with Gasteiger partial charge >= 0.3 is 6.18 Å². The summed E-state index contributed by atoms with van der Waals surface area (Å²) in [5, 5.41) is 0. The summed E-state index contributed by atoms with van der Waals surface area (Å²) in [6.45, 7) is 2.17. The van der Waals surface area contributed by atoms with Crippen molar-refractivity contribution in [3.05, 3.63) is 41.8 Å². The summed E-state index contributed by atoms with van der Waals surface area (Å²) in [6.07, 6.45) is -0.465. The number of para-hydroxylation sites is 1. The van der Waals surface area contributed by atoms with Crippen LogP contribution in [-0.2, 0) is 6.18 Å². The van der Waals surface area contributed by atoms with E-state index in [2.05, 4.69) is 9.97 Å². The number of rotatable bonds is 8. The molecule has 2 aromatic rings. The molecule has 4 nitrogen and oxygen atoms in total. The second kappa shape index (κ2) is 8.82. The van der Waals surface area contributed by atoms with Crippen molar-refractivity contribution in [2.45, 2.75) is 38.8 Å². The minimum absolute atomic E-state index is 0.0772. The van der Waals surface area contributed by atoms with Gasteiger partial charge in [-0.25, -0.2) is 9.37 Å². The zero-order valence-electron chi connectivity index (χ0n) is 14.7. The molecule has 0 N–H and O–H groups in total. The number of hydrogen-bond acceptors (Lipinski definition) is 4. The first-order valence-corrected chi connectivity index (χ1v) is 8.40. The normalized spacial score (nSPS) is 11.5. The van der Waals surface area contributed by atoms with Gasteiger partial charge < -0.3 is 9.64 Å². The highest BCUT2D eigenvalue weighted by Gasteiger charge is 2.36. The van der Waals surface area contributed by atoms with Crippen LogP contribution in [0.25, 0.3) is 0 Å². The highest BCUT2D eigenvalue weighted by atomic mass is 19.4. The van der Waals surface area contributed by atoms with Crippen LogP contribution in [0, 0.1) is 5.82 Å². The maximum Gasteiger partial charge on any atom is 0.423 e. The molecule has 0 atom stereocenters. The van der Waals surface area contributed by atoms with E-state index in [9.17, 15) is 17.6 Å². The van der Waals surface area contributed by atoms with Gasteiger partial charge in [0.1, 0.15) is 11.4 Å². The fourth-order valence-electron chi connectivity index (χ4n) is 2.35. The van der Waals surface area contributed by atoms with Gasteiger partial charge in [-0.05, 0) is 18.6 Å². The Balaban J connectivity index is 2.26. The fraction of sp³-hybridized carbons (Fsp3) is 0.444.